The predicted octanol–water partition coefficient (Wildman–Crippen LogP) is 2.13. The van der Waals surface area contributed by atoms with Crippen molar-refractivity contribution in [3.63, 3.8) is 0 Å². The Labute approximate surface area is 141 Å². The number of rotatable bonds is 7. The van der Waals surface area contributed by atoms with Crippen LogP contribution in [0.4, 0.5) is 4.79 Å². The first-order chi connectivity index (χ1) is 11.5. The second-order valence-corrected chi connectivity index (χ2v) is 5.94. The molecule has 0 saturated heterocycles. The highest BCUT2D eigenvalue weighted by Gasteiger charge is 2.18. The lowest BCUT2D eigenvalue weighted by Gasteiger charge is -2.20. The topological polar surface area (TPSA) is 91.5 Å². The number of carbonyl (C=O) groups is 1. The lowest BCUT2D eigenvalue weighted by atomic mass is 10.1. The quantitative estimate of drug-likeness (QED) is 0.810. The van der Waals surface area contributed by atoms with Crippen molar-refractivity contribution in [2.24, 2.45) is 0 Å². The summed E-state index contributed by atoms with van der Waals surface area (Å²) in [7, 11) is 1.68. The summed E-state index contributed by atoms with van der Waals surface area (Å²) < 4.78 is 5.25. The molecule has 0 fully saturated rings. The van der Waals surface area contributed by atoms with Gasteiger partial charge in [-0.15, -0.1) is 0 Å². The van der Waals surface area contributed by atoms with Crippen molar-refractivity contribution in [3.05, 3.63) is 47.6 Å². The second-order valence-electron chi connectivity index (χ2n) is 5.94. The molecule has 1 aromatic carbocycles. The minimum absolute atomic E-state index is 0.238. The van der Waals surface area contributed by atoms with Gasteiger partial charge in [-0.25, -0.2) is 4.79 Å². The summed E-state index contributed by atoms with van der Waals surface area (Å²) in [6.07, 6.45) is 0.653. The van der Waals surface area contributed by atoms with Crippen molar-refractivity contribution in [2.45, 2.75) is 38.8 Å². The first kappa shape index (κ1) is 17.9. The number of aliphatic hydroxyl groups is 1. The summed E-state index contributed by atoms with van der Waals surface area (Å²) in [5.74, 6) is 0.956. The molecule has 0 spiro atoms. The van der Waals surface area contributed by atoms with Gasteiger partial charge >= 0.3 is 6.03 Å². The molecule has 0 aliphatic rings. The zero-order chi connectivity index (χ0) is 17.5. The number of nitrogens with one attached hydrogen (secondary N) is 1. The van der Waals surface area contributed by atoms with Gasteiger partial charge in [-0.2, -0.15) is 4.98 Å². The maximum absolute atomic E-state index is 12.1. The molecule has 0 aliphatic carbocycles. The maximum Gasteiger partial charge on any atom is 0.317 e. The number of nitrogens with zero attached hydrogens (tertiary/aromatic N) is 3. The summed E-state index contributed by atoms with van der Waals surface area (Å²) in [5.41, 5.74) is 1.09. The molecule has 2 rings (SSSR count). The molecule has 7 heteroatoms. The van der Waals surface area contributed by atoms with Gasteiger partial charge in [0, 0.05) is 13.6 Å². The molecule has 2 unspecified atom stereocenters. The van der Waals surface area contributed by atoms with E-state index in [1.807, 2.05) is 30.3 Å². The molecule has 2 atom stereocenters. The van der Waals surface area contributed by atoms with E-state index in [0.29, 0.717) is 31.1 Å². The zero-order valence-corrected chi connectivity index (χ0v) is 14.3. The van der Waals surface area contributed by atoms with E-state index < -0.39 is 6.10 Å². The van der Waals surface area contributed by atoms with Gasteiger partial charge in [-0.05, 0) is 25.8 Å². The van der Waals surface area contributed by atoms with E-state index in [1.165, 1.54) is 4.90 Å². The van der Waals surface area contributed by atoms with Crippen LogP contribution in [0.1, 0.15) is 43.6 Å². The zero-order valence-electron chi connectivity index (χ0n) is 14.3. The highest BCUT2D eigenvalue weighted by molar-refractivity contribution is 5.74. The summed E-state index contributed by atoms with van der Waals surface area (Å²) in [6, 6.07) is 9.25. The Bertz CT molecular complexity index is 642. The van der Waals surface area contributed by atoms with E-state index >= 15 is 0 Å². The Kier molecular flexibility index (Phi) is 6.31. The van der Waals surface area contributed by atoms with Gasteiger partial charge in [0.1, 0.15) is 0 Å². The molecule has 130 valence electrons. The molecule has 0 radical (unpaired) electrons. The molecule has 0 aliphatic heterocycles. The SMILES string of the molecule is CC(O)CCN(C)C(=O)NC(C)c1noc(Cc2ccccc2)n1. The molecule has 2 aromatic rings. The van der Waals surface area contributed by atoms with Crippen molar-refractivity contribution < 1.29 is 14.4 Å². The van der Waals surface area contributed by atoms with Crippen LogP contribution in [0.2, 0.25) is 0 Å². The summed E-state index contributed by atoms with van der Waals surface area (Å²) in [5, 5.41) is 16.0. The van der Waals surface area contributed by atoms with Crippen LogP contribution in [0.25, 0.3) is 0 Å². The van der Waals surface area contributed by atoms with Crippen LogP contribution in [0.15, 0.2) is 34.9 Å². The molecule has 1 aromatic heterocycles. The van der Waals surface area contributed by atoms with Crippen LogP contribution in [0.3, 0.4) is 0 Å². The average molecular weight is 332 g/mol. The summed E-state index contributed by atoms with van der Waals surface area (Å²) in [4.78, 5) is 17.9. The van der Waals surface area contributed by atoms with E-state index in [-0.39, 0.29) is 12.1 Å². The summed E-state index contributed by atoms with van der Waals surface area (Å²) in [6.45, 7) is 3.97. The third-order valence-electron chi connectivity index (χ3n) is 3.64. The number of hydrogen-bond donors (Lipinski definition) is 2. The van der Waals surface area contributed by atoms with Crippen LogP contribution >= 0.6 is 0 Å². The van der Waals surface area contributed by atoms with Gasteiger partial charge in [-0.1, -0.05) is 35.5 Å². The molecule has 7 nitrogen and oxygen atoms in total. The molecule has 0 saturated carbocycles. The normalized spacial score (nSPS) is 13.3. The largest absolute Gasteiger partial charge is 0.393 e. The van der Waals surface area contributed by atoms with E-state index in [0.717, 1.165) is 5.56 Å². The number of carbonyl (C=O) groups excluding carboxylic acids is 1. The molecule has 2 amide bonds. The number of aliphatic hydroxyl groups excluding tert-OH is 1. The van der Waals surface area contributed by atoms with Gasteiger partial charge in [-0.3, -0.25) is 0 Å². The molecule has 1 heterocycles. The lowest BCUT2D eigenvalue weighted by molar-refractivity contribution is 0.162. The van der Waals surface area contributed by atoms with Gasteiger partial charge in [0.05, 0.1) is 18.6 Å². The maximum atomic E-state index is 12.1. The molecular weight excluding hydrogens is 308 g/mol. The Balaban J connectivity index is 1.88. The molecule has 0 bridgehead atoms. The number of amides is 2. The van der Waals surface area contributed by atoms with Gasteiger partial charge in [0.2, 0.25) is 5.89 Å². The number of urea groups is 1. The van der Waals surface area contributed by atoms with Crippen LogP contribution in [-0.2, 0) is 6.42 Å². The second kappa shape index (κ2) is 8.44. The molecular formula is C17H24N4O3. The number of benzene rings is 1. The average Bonchev–Trinajstić information content (AvgIpc) is 3.02. The van der Waals surface area contributed by atoms with E-state index in [2.05, 4.69) is 15.5 Å². The van der Waals surface area contributed by atoms with Crippen LogP contribution in [0.5, 0.6) is 0 Å². The Morgan fingerprint density at radius 1 is 1.33 bits per heavy atom. The minimum atomic E-state index is -0.435. The van der Waals surface area contributed by atoms with Crippen LogP contribution in [-0.4, -0.2) is 45.9 Å². The smallest absolute Gasteiger partial charge is 0.317 e. The van der Waals surface area contributed by atoms with Crippen molar-refractivity contribution >= 4 is 6.03 Å². The van der Waals surface area contributed by atoms with Crippen molar-refractivity contribution in [1.82, 2.24) is 20.4 Å². The monoisotopic (exact) mass is 332 g/mol. The standard InChI is InChI=1S/C17H24N4O3/c1-12(22)9-10-21(3)17(23)18-13(2)16-19-15(24-20-16)11-14-7-5-4-6-8-14/h4-8,12-13,22H,9-11H2,1-3H3,(H,18,23). The summed E-state index contributed by atoms with van der Waals surface area (Å²) >= 11 is 0. The van der Waals surface area contributed by atoms with Gasteiger partial charge in [0.25, 0.3) is 0 Å². The van der Waals surface area contributed by atoms with Crippen molar-refractivity contribution in [2.75, 3.05) is 13.6 Å². The van der Waals surface area contributed by atoms with E-state index in [4.69, 9.17) is 4.52 Å². The highest BCUT2D eigenvalue weighted by atomic mass is 16.5. The third-order valence-corrected chi connectivity index (χ3v) is 3.64. The fourth-order valence-electron chi connectivity index (χ4n) is 2.13. The Morgan fingerprint density at radius 3 is 2.71 bits per heavy atom. The number of hydrogen-bond acceptors (Lipinski definition) is 5. The van der Waals surface area contributed by atoms with Crippen LogP contribution in [0, 0.1) is 0 Å². The van der Waals surface area contributed by atoms with Gasteiger partial charge in [0.15, 0.2) is 5.82 Å². The molecule has 24 heavy (non-hydrogen) atoms. The fourth-order valence-corrected chi connectivity index (χ4v) is 2.13. The first-order valence-electron chi connectivity index (χ1n) is 8.01. The fraction of sp³-hybridized carbons (Fsp3) is 0.471. The first-order valence-corrected chi connectivity index (χ1v) is 8.01. The van der Waals surface area contributed by atoms with E-state index in [1.54, 1.807) is 20.9 Å². The minimum Gasteiger partial charge on any atom is -0.393 e. The Morgan fingerprint density at radius 2 is 2.04 bits per heavy atom. The lowest BCUT2D eigenvalue weighted by Crippen LogP contribution is -2.39. The van der Waals surface area contributed by atoms with Crippen molar-refractivity contribution in [1.29, 1.82) is 0 Å². The molecule has 2 N–H and O–H groups in total. The Hall–Kier alpha value is -2.41. The van der Waals surface area contributed by atoms with E-state index in [9.17, 15) is 9.90 Å². The third kappa shape index (κ3) is 5.34. The highest BCUT2D eigenvalue weighted by Crippen LogP contribution is 2.12. The van der Waals surface area contributed by atoms with Crippen LogP contribution < -0.4 is 5.32 Å². The van der Waals surface area contributed by atoms with Gasteiger partial charge < -0.3 is 19.8 Å². The number of aromatic nitrogens is 2. The predicted molar refractivity (Wildman–Crippen MR) is 89.4 cm³/mol. The van der Waals surface area contributed by atoms with Crippen molar-refractivity contribution in [3.8, 4) is 0 Å².